The second kappa shape index (κ2) is 9.12. The number of hydrogen-bond acceptors (Lipinski definition) is 4. The molecule has 7 heteroatoms. The summed E-state index contributed by atoms with van der Waals surface area (Å²) >= 11 is 1.59. The van der Waals surface area contributed by atoms with Gasteiger partial charge in [0.2, 0.25) is 15.9 Å². The van der Waals surface area contributed by atoms with Crippen LogP contribution < -0.4 is 5.32 Å². The van der Waals surface area contributed by atoms with Crippen LogP contribution in [0.25, 0.3) is 0 Å². The van der Waals surface area contributed by atoms with E-state index in [-0.39, 0.29) is 11.8 Å². The van der Waals surface area contributed by atoms with E-state index in [1.54, 1.807) is 16.1 Å². The number of rotatable bonds is 5. The number of anilines is 1. The predicted octanol–water partition coefficient (Wildman–Crippen LogP) is 4.68. The minimum absolute atomic E-state index is 0.0349. The van der Waals surface area contributed by atoms with Crippen molar-refractivity contribution in [2.24, 2.45) is 5.92 Å². The van der Waals surface area contributed by atoms with Crippen molar-refractivity contribution in [3.8, 4) is 0 Å². The molecule has 5 nitrogen and oxygen atoms in total. The molecule has 30 heavy (non-hydrogen) atoms. The molecule has 1 saturated heterocycles. The Morgan fingerprint density at radius 1 is 1.03 bits per heavy atom. The zero-order chi connectivity index (χ0) is 22.1. The number of aryl methyl sites for hydroxylation is 2. The van der Waals surface area contributed by atoms with Gasteiger partial charge in [0.1, 0.15) is 0 Å². The molecule has 3 rings (SSSR count). The fraction of sp³-hybridized carbons (Fsp3) is 0.435. The molecule has 0 atom stereocenters. The van der Waals surface area contributed by atoms with Crippen LogP contribution in [0.2, 0.25) is 0 Å². The summed E-state index contributed by atoms with van der Waals surface area (Å²) in [4.78, 5) is 14.2. The maximum atomic E-state index is 13.4. The van der Waals surface area contributed by atoms with Crippen LogP contribution in [-0.2, 0) is 14.8 Å². The first kappa shape index (κ1) is 22.8. The van der Waals surface area contributed by atoms with Crippen molar-refractivity contribution in [2.45, 2.75) is 50.3 Å². The molecule has 162 valence electrons. The number of carbonyl (C=O) groups is 1. The van der Waals surface area contributed by atoms with Crippen molar-refractivity contribution in [2.75, 3.05) is 24.7 Å². The molecule has 0 aromatic heterocycles. The second-order valence-corrected chi connectivity index (χ2v) is 10.7. The number of nitrogens with one attached hydrogen (secondary N) is 1. The van der Waals surface area contributed by atoms with Crippen molar-refractivity contribution < 1.29 is 13.2 Å². The summed E-state index contributed by atoms with van der Waals surface area (Å²) in [6, 6.07) is 9.76. The lowest BCUT2D eigenvalue weighted by Crippen LogP contribution is -2.42. The van der Waals surface area contributed by atoms with Crippen LogP contribution >= 0.6 is 11.8 Å². The van der Waals surface area contributed by atoms with Gasteiger partial charge in [-0.2, -0.15) is 4.31 Å². The van der Waals surface area contributed by atoms with Crippen molar-refractivity contribution in [1.29, 1.82) is 0 Å². The number of sulfonamides is 1. The monoisotopic (exact) mass is 446 g/mol. The van der Waals surface area contributed by atoms with Gasteiger partial charge in [-0.15, -0.1) is 11.8 Å². The van der Waals surface area contributed by atoms with Crippen LogP contribution in [0, 0.1) is 33.6 Å². The number of carbonyl (C=O) groups excluding carboxylic acids is 1. The Kier molecular flexibility index (Phi) is 6.95. The van der Waals surface area contributed by atoms with Gasteiger partial charge in [0.15, 0.2) is 0 Å². The topological polar surface area (TPSA) is 66.5 Å². The molecule has 1 fully saturated rings. The van der Waals surface area contributed by atoms with E-state index in [0.717, 1.165) is 32.8 Å². The van der Waals surface area contributed by atoms with Gasteiger partial charge >= 0.3 is 0 Å². The Bertz CT molecular complexity index is 1030. The van der Waals surface area contributed by atoms with E-state index < -0.39 is 10.0 Å². The summed E-state index contributed by atoms with van der Waals surface area (Å²) in [5, 5.41) is 3.02. The minimum atomic E-state index is -3.59. The lowest BCUT2D eigenvalue weighted by atomic mass is 9.97. The number of amides is 1. The fourth-order valence-corrected chi connectivity index (χ4v) is 6.64. The standard InChI is InChI=1S/C23H30N2O3S2/c1-15-14-16(2)18(4)22(17(15)3)30(27,28)25-12-10-19(11-13-25)23(26)24-20-8-6-7-9-21(20)29-5/h6-9,14,19H,10-13H2,1-5H3,(H,24,26). The van der Waals surface area contributed by atoms with Gasteiger partial charge in [-0.25, -0.2) is 8.42 Å². The van der Waals surface area contributed by atoms with E-state index in [4.69, 9.17) is 0 Å². The third kappa shape index (κ3) is 4.43. The Morgan fingerprint density at radius 2 is 1.60 bits per heavy atom. The Balaban J connectivity index is 1.73. The maximum absolute atomic E-state index is 13.4. The summed E-state index contributed by atoms with van der Waals surface area (Å²) in [5.74, 6) is -0.222. The number of piperidine rings is 1. The van der Waals surface area contributed by atoms with Crippen molar-refractivity contribution in [3.05, 3.63) is 52.6 Å². The molecule has 1 heterocycles. The molecule has 2 aromatic rings. The quantitative estimate of drug-likeness (QED) is 0.677. The summed E-state index contributed by atoms with van der Waals surface area (Å²) in [6.45, 7) is 8.36. The van der Waals surface area contributed by atoms with E-state index >= 15 is 0 Å². The first-order chi connectivity index (χ1) is 14.2. The lowest BCUT2D eigenvalue weighted by molar-refractivity contribution is -0.120. The van der Waals surface area contributed by atoms with E-state index in [9.17, 15) is 13.2 Å². The molecular formula is C23H30N2O3S2. The number of benzene rings is 2. The molecule has 1 aliphatic rings. The van der Waals surface area contributed by atoms with Crippen LogP contribution in [0.15, 0.2) is 40.1 Å². The summed E-state index contributed by atoms with van der Waals surface area (Å²) in [6.07, 6.45) is 3.02. The highest BCUT2D eigenvalue weighted by Crippen LogP contribution is 2.32. The molecular weight excluding hydrogens is 416 g/mol. The van der Waals surface area contributed by atoms with Gasteiger partial charge in [-0.3, -0.25) is 4.79 Å². The van der Waals surface area contributed by atoms with E-state index in [1.165, 1.54) is 0 Å². The zero-order valence-electron chi connectivity index (χ0n) is 18.3. The maximum Gasteiger partial charge on any atom is 0.243 e. The highest BCUT2D eigenvalue weighted by atomic mass is 32.2. The molecule has 1 N–H and O–H groups in total. The van der Waals surface area contributed by atoms with Crippen LogP contribution in [0.5, 0.6) is 0 Å². The highest BCUT2D eigenvalue weighted by Gasteiger charge is 2.34. The third-order valence-corrected chi connectivity index (χ3v) is 9.05. The fourth-order valence-electron chi connectivity index (χ4n) is 4.04. The van der Waals surface area contributed by atoms with Gasteiger partial charge in [0.05, 0.1) is 10.6 Å². The number of para-hydroxylation sites is 1. The number of nitrogens with zero attached hydrogens (tertiary/aromatic N) is 1. The highest BCUT2D eigenvalue weighted by molar-refractivity contribution is 7.98. The van der Waals surface area contributed by atoms with Crippen molar-refractivity contribution in [3.63, 3.8) is 0 Å². The molecule has 0 aliphatic carbocycles. The smallest absolute Gasteiger partial charge is 0.243 e. The van der Waals surface area contributed by atoms with E-state index in [2.05, 4.69) is 5.32 Å². The molecule has 1 amide bonds. The first-order valence-electron chi connectivity index (χ1n) is 10.2. The average molecular weight is 447 g/mol. The van der Waals surface area contributed by atoms with Gasteiger partial charge in [-0.05, 0) is 81.2 Å². The Labute approximate surface area is 184 Å². The van der Waals surface area contributed by atoms with Crippen LogP contribution in [-0.4, -0.2) is 38.0 Å². The van der Waals surface area contributed by atoms with Gasteiger partial charge < -0.3 is 5.32 Å². The Hall–Kier alpha value is -1.83. The van der Waals surface area contributed by atoms with E-state index in [1.807, 2.05) is 64.3 Å². The molecule has 0 saturated carbocycles. The average Bonchev–Trinajstić information content (AvgIpc) is 2.73. The molecule has 0 unspecified atom stereocenters. The zero-order valence-corrected chi connectivity index (χ0v) is 19.9. The first-order valence-corrected chi connectivity index (χ1v) is 12.8. The van der Waals surface area contributed by atoms with Crippen molar-refractivity contribution in [1.82, 2.24) is 4.31 Å². The number of thioether (sulfide) groups is 1. The largest absolute Gasteiger partial charge is 0.325 e. The minimum Gasteiger partial charge on any atom is -0.325 e. The van der Waals surface area contributed by atoms with Crippen LogP contribution in [0.4, 0.5) is 5.69 Å². The molecule has 0 bridgehead atoms. The molecule has 2 aromatic carbocycles. The van der Waals surface area contributed by atoms with Gasteiger partial charge in [-0.1, -0.05) is 18.2 Å². The van der Waals surface area contributed by atoms with Crippen molar-refractivity contribution >= 4 is 33.4 Å². The van der Waals surface area contributed by atoms with Gasteiger partial charge in [0, 0.05) is 23.9 Å². The molecule has 0 radical (unpaired) electrons. The number of hydrogen-bond donors (Lipinski definition) is 1. The normalized spacial score (nSPS) is 15.9. The summed E-state index contributed by atoms with van der Waals surface area (Å²) in [7, 11) is -3.59. The molecule has 0 spiro atoms. The summed E-state index contributed by atoms with van der Waals surface area (Å²) in [5.41, 5.74) is 4.40. The summed E-state index contributed by atoms with van der Waals surface area (Å²) < 4.78 is 28.4. The molecule has 1 aliphatic heterocycles. The van der Waals surface area contributed by atoms with Crippen LogP contribution in [0.1, 0.15) is 35.1 Å². The Morgan fingerprint density at radius 3 is 2.17 bits per heavy atom. The van der Waals surface area contributed by atoms with Gasteiger partial charge in [0.25, 0.3) is 0 Å². The predicted molar refractivity (Wildman–Crippen MR) is 124 cm³/mol. The third-order valence-electron chi connectivity index (χ3n) is 6.08. The van der Waals surface area contributed by atoms with Crippen LogP contribution in [0.3, 0.4) is 0 Å². The van der Waals surface area contributed by atoms with E-state index in [0.29, 0.717) is 30.8 Å². The SMILES string of the molecule is CSc1ccccc1NC(=O)C1CCN(S(=O)(=O)c2c(C)c(C)cc(C)c2C)CC1. The lowest BCUT2D eigenvalue weighted by Gasteiger charge is -2.32. The second-order valence-electron chi connectivity index (χ2n) is 7.96.